The van der Waals surface area contributed by atoms with E-state index in [0.29, 0.717) is 17.7 Å². The number of methoxy groups -OCH3 is 1. The average Bonchev–Trinajstić information content (AvgIpc) is 2.46. The molecule has 0 fully saturated rings. The van der Waals surface area contributed by atoms with Crippen molar-refractivity contribution in [2.75, 3.05) is 18.6 Å². The maximum atomic E-state index is 6.10. The van der Waals surface area contributed by atoms with E-state index >= 15 is 0 Å². The van der Waals surface area contributed by atoms with Crippen LogP contribution in [0.15, 0.2) is 30.3 Å². The third kappa shape index (κ3) is 2.62. The highest BCUT2D eigenvalue weighted by molar-refractivity contribution is 6.29. The van der Waals surface area contributed by atoms with Crippen LogP contribution in [0.25, 0.3) is 0 Å². The molecule has 2 heterocycles. The standard InChI is InChI=1S/C15H16ClN3O/c1-20-10-12-9-14(16)18-15(17-12)19-8-4-6-11-5-2-3-7-13(11)19/h2-3,5,7,9H,4,6,8,10H2,1H3. The van der Waals surface area contributed by atoms with Gasteiger partial charge in [0.1, 0.15) is 5.15 Å². The first kappa shape index (κ1) is 13.3. The smallest absolute Gasteiger partial charge is 0.231 e. The Morgan fingerprint density at radius 2 is 2.15 bits per heavy atom. The molecule has 1 aliphatic heterocycles. The van der Waals surface area contributed by atoms with Gasteiger partial charge in [0.15, 0.2) is 0 Å². The summed E-state index contributed by atoms with van der Waals surface area (Å²) >= 11 is 6.10. The second-order valence-electron chi connectivity index (χ2n) is 4.80. The Morgan fingerprint density at radius 3 is 3.00 bits per heavy atom. The van der Waals surface area contributed by atoms with Crippen molar-refractivity contribution in [2.24, 2.45) is 0 Å². The van der Waals surface area contributed by atoms with Gasteiger partial charge in [-0.25, -0.2) is 9.97 Å². The SMILES string of the molecule is COCc1cc(Cl)nc(N2CCCc3ccccc32)n1. The van der Waals surface area contributed by atoms with Crippen LogP contribution in [-0.4, -0.2) is 23.6 Å². The molecule has 5 heteroatoms. The fraction of sp³-hybridized carbons (Fsp3) is 0.333. The molecule has 0 unspecified atom stereocenters. The second kappa shape index (κ2) is 5.77. The molecular formula is C15H16ClN3O. The lowest BCUT2D eigenvalue weighted by Crippen LogP contribution is -2.26. The van der Waals surface area contributed by atoms with Crippen LogP contribution in [0.5, 0.6) is 0 Å². The molecule has 3 rings (SSSR count). The van der Waals surface area contributed by atoms with Crippen molar-refractivity contribution in [1.82, 2.24) is 9.97 Å². The molecule has 2 aromatic rings. The van der Waals surface area contributed by atoms with E-state index in [1.54, 1.807) is 13.2 Å². The predicted molar refractivity (Wildman–Crippen MR) is 79.5 cm³/mol. The third-order valence-corrected chi connectivity index (χ3v) is 3.57. The van der Waals surface area contributed by atoms with Gasteiger partial charge in [-0.3, -0.25) is 0 Å². The van der Waals surface area contributed by atoms with Gasteiger partial charge in [-0.1, -0.05) is 29.8 Å². The lowest BCUT2D eigenvalue weighted by atomic mass is 10.0. The number of rotatable bonds is 3. The molecular weight excluding hydrogens is 274 g/mol. The van der Waals surface area contributed by atoms with Gasteiger partial charge in [0.2, 0.25) is 5.95 Å². The summed E-state index contributed by atoms with van der Waals surface area (Å²) in [7, 11) is 1.64. The van der Waals surface area contributed by atoms with Gasteiger partial charge in [-0.2, -0.15) is 0 Å². The first-order valence-corrected chi connectivity index (χ1v) is 7.03. The average molecular weight is 290 g/mol. The van der Waals surface area contributed by atoms with Crippen molar-refractivity contribution in [3.05, 3.63) is 46.7 Å². The number of ether oxygens (including phenoxy) is 1. The van der Waals surface area contributed by atoms with Gasteiger partial charge in [0, 0.05) is 19.3 Å². The third-order valence-electron chi connectivity index (χ3n) is 3.38. The molecule has 0 aliphatic carbocycles. The van der Waals surface area contributed by atoms with E-state index in [9.17, 15) is 0 Å². The van der Waals surface area contributed by atoms with Gasteiger partial charge in [0.25, 0.3) is 0 Å². The molecule has 0 atom stereocenters. The zero-order valence-electron chi connectivity index (χ0n) is 11.3. The second-order valence-corrected chi connectivity index (χ2v) is 5.19. The number of nitrogens with zero attached hydrogens (tertiary/aromatic N) is 3. The van der Waals surface area contributed by atoms with Crippen LogP contribution < -0.4 is 4.90 Å². The van der Waals surface area contributed by atoms with Crippen LogP contribution in [0, 0.1) is 0 Å². The molecule has 0 saturated carbocycles. The van der Waals surface area contributed by atoms with E-state index in [2.05, 4.69) is 33.1 Å². The Hall–Kier alpha value is -1.65. The molecule has 0 N–H and O–H groups in total. The Balaban J connectivity index is 2.01. The van der Waals surface area contributed by atoms with E-state index in [-0.39, 0.29) is 0 Å². The van der Waals surface area contributed by atoms with E-state index in [1.807, 2.05) is 6.07 Å². The highest BCUT2D eigenvalue weighted by Crippen LogP contribution is 2.31. The summed E-state index contributed by atoms with van der Waals surface area (Å²) < 4.78 is 5.13. The maximum Gasteiger partial charge on any atom is 0.231 e. The molecule has 0 amide bonds. The fourth-order valence-electron chi connectivity index (χ4n) is 2.53. The normalized spacial score (nSPS) is 14.2. The number of anilines is 2. The summed E-state index contributed by atoms with van der Waals surface area (Å²) in [5, 5.41) is 0.449. The molecule has 1 aromatic carbocycles. The van der Waals surface area contributed by atoms with Crippen LogP contribution in [0.3, 0.4) is 0 Å². The minimum absolute atomic E-state index is 0.435. The molecule has 20 heavy (non-hydrogen) atoms. The monoisotopic (exact) mass is 289 g/mol. The zero-order valence-corrected chi connectivity index (χ0v) is 12.1. The molecule has 0 saturated heterocycles. The highest BCUT2D eigenvalue weighted by atomic mass is 35.5. The van der Waals surface area contributed by atoms with Crippen molar-refractivity contribution >= 4 is 23.2 Å². The van der Waals surface area contributed by atoms with E-state index in [0.717, 1.165) is 25.1 Å². The van der Waals surface area contributed by atoms with Gasteiger partial charge in [0.05, 0.1) is 12.3 Å². The number of hydrogen-bond donors (Lipinski definition) is 0. The Labute approximate surface area is 123 Å². The summed E-state index contributed by atoms with van der Waals surface area (Å²) in [5.41, 5.74) is 3.30. The minimum atomic E-state index is 0.435. The van der Waals surface area contributed by atoms with Crippen LogP contribution in [0.4, 0.5) is 11.6 Å². The van der Waals surface area contributed by atoms with Gasteiger partial charge in [-0.15, -0.1) is 0 Å². The van der Waals surface area contributed by atoms with E-state index in [4.69, 9.17) is 16.3 Å². The number of aryl methyl sites for hydroxylation is 1. The quantitative estimate of drug-likeness (QED) is 0.812. The van der Waals surface area contributed by atoms with Crippen molar-refractivity contribution in [3.8, 4) is 0 Å². The summed E-state index contributed by atoms with van der Waals surface area (Å²) in [4.78, 5) is 11.0. The lowest BCUT2D eigenvalue weighted by Gasteiger charge is -2.29. The first-order valence-electron chi connectivity index (χ1n) is 6.66. The van der Waals surface area contributed by atoms with Crippen LogP contribution >= 0.6 is 11.6 Å². The summed E-state index contributed by atoms with van der Waals surface area (Å²) in [6, 6.07) is 10.1. The number of halogens is 1. The number of aromatic nitrogens is 2. The summed E-state index contributed by atoms with van der Waals surface area (Å²) in [6.45, 7) is 1.34. The number of para-hydroxylation sites is 1. The van der Waals surface area contributed by atoms with Crippen molar-refractivity contribution in [2.45, 2.75) is 19.4 Å². The summed E-state index contributed by atoms with van der Waals surface area (Å²) in [5.74, 6) is 0.650. The zero-order chi connectivity index (χ0) is 13.9. The number of hydrogen-bond acceptors (Lipinski definition) is 4. The lowest BCUT2D eigenvalue weighted by molar-refractivity contribution is 0.181. The Kier molecular flexibility index (Phi) is 3.85. The fourth-order valence-corrected chi connectivity index (χ4v) is 2.74. The Morgan fingerprint density at radius 1 is 1.30 bits per heavy atom. The van der Waals surface area contributed by atoms with Gasteiger partial charge < -0.3 is 9.64 Å². The van der Waals surface area contributed by atoms with Gasteiger partial charge in [-0.05, 0) is 30.5 Å². The molecule has 4 nitrogen and oxygen atoms in total. The largest absolute Gasteiger partial charge is 0.378 e. The molecule has 0 spiro atoms. The Bertz CT molecular complexity index is 618. The molecule has 1 aliphatic rings. The molecule has 0 radical (unpaired) electrons. The molecule has 1 aromatic heterocycles. The highest BCUT2D eigenvalue weighted by Gasteiger charge is 2.20. The van der Waals surface area contributed by atoms with Crippen LogP contribution in [0.1, 0.15) is 17.7 Å². The topological polar surface area (TPSA) is 38.2 Å². The molecule has 0 bridgehead atoms. The first-order chi connectivity index (χ1) is 9.78. The van der Waals surface area contributed by atoms with Crippen molar-refractivity contribution in [3.63, 3.8) is 0 Å². The molecule has 104 valence electrons. The van der Waals surface area contributed by atoms with Crippen molar-refractivity contribution in [1.29, 1.82) is 0 Å². The maximum absolute atomic E-state index is 6.10. The number of fused-ring (bicyclic) bond motifs is 1. The van der Waals surface area contributed by atoms with E-state index in [1.165, 1.54) is 11.3 Å². The van der Waals surface area contributed by atoms with Crippen LogP contribution in [0.2, 0.25) is 5.15 Å². The van der Waals surface area contributed by atoms with Crippen LogP contribution in [-0.2, 0) is 17.8 Å². The number of benzene rings is 1. The van der Waals surface area contributed by atoms with Gasteiger partial charge >= 0.3 is 0 Å². The van der Waals surface area contributed by atoms with E-state index < -0.39 is 0 Å². The predicted octanol–water partition coefficient (Wildman–Crippen LogP) is 3.36. The minimum Gasteiger partial charge on any atom is -0.378 e. The summed E-state index contributed by atoms with van der Waals surface area (Å²) in [6.07, 6.45) is 2.19. The van der Waals surface area contributed by atoms with Crippen molar-refractivity contribution < 1.29 is 4.74 Å².